The monoisotopic (exact) mass is 327 g/mol. The number of ether oxygens (including phenoxy) is 1. The molecule has 1 aromatic carbocycles. The van der Waals surface area contributed by atoms with E-state index in [1.165, 1.54) is 6.07 Å². The highest BCUT2D eigenvalue weighted by molar-refractivity contribution is 7.89. The van der Waals surface area contributed by atoms with Gasteiger partial charge < -0.3 is 9.84 Å². The first-order valence-corrected chi connectivity index (χ1v) is 7.45. The van der Waals surface area contributed by atoms with E-state index >= 15 is 0 Å². The summed E-state index contributed by atoms with van der Waals surface area (Å²) in [6.07, 6.45) is -4.63. The normalized spacial score (nSPS) is 12.7. The van der Waals surface area contributed by atoms with E-state index in [0.717, 1.165) is 19.2 Å². The summed E-state index contributed by atoms with van der Waals surface area (Å²) in [6, 6.07) is 3.56. The van der Waals surface area contributed by atoms with E-state index < -0.39 is 29.4 Å². The molecule has 120 valence electrons. The Kier molecular flexibility index (Phi) is 5.60. The highest BCUT2D eigenvalue weighted by Gasteiger charge is 2.35. The van der Waals surface area contributed by atoms with Crippen molar-refractivity contribution in [1.82, 2.24) is 4.31 Å². The smallest absolute Gasteiger partial charge is 0.402 e. The molecule has 1 aromatic rings. The molecule has 0 aliphatic carbocycles. The van der Waals surface area contributed by atoms with Gasteiger partial charge >= 0.3 is 6.18 Å². The summed E-state index contributed by atoms with van der Waals surface area (Å²) in [5.41, 5.74) is 0.193. The number of aliphatic hydroxyl groups is 1. The molecule has 0 atom stereocenters. The summed E-state index contributed by atoms with van der Waals surface area (Å²) in [6.45, 7) is -0.0470. The molecule has 9 heteroatoms. The molecule has 0 spiro atoms. The standard InChI is InChI=1S/C12H16F3NO4S/c1-3-20-11-5-4-10(6-9(11)7-17)21(18,19)16(2)8-12(13,14)15/h4-6,17H,3,7-8H2,1-2H3. The van der Waals surface area contributed by atoms with Crippen LogP contribution < -0.4 is 4.74 Å². The van der Waals surface area contributed by atoms with Crippen LogP contribution in [0.5, 0.6) is 5.75 Å². The van der Waals surface area contributed by atoms with Gasteiger partial charge in [0.2, 0.25) is 10.0 Å². The Morgan fingerprint density at radius 1 is 1.33 bits per heavy atom. The molecule has 0 fully saturated rings. The number of hydrogen-bond acceptors (Lipinski definition) is 4. The van der Waals surface area contributed by atoms with Crippen LogP contribution in [0.2, 0.25) is 0 Å². The van der Waals surface area contributed by atoms with Crippen LogP contribution in [0, 0.1) is 0 Å². The number of rotatable bonds is 6. The Labute approximate surface area is 121 Å². The van der Waals surface area contributed by atoms with Crippen LogP contribution in [-0.2, 0) is 16.6 Å². The number of sulfonamides is 1. The van der Waals surface area contributed by atoms with Crippen molar-refractivity contribution in [3.63, 3.8) is 0 Å². The van der Waals surface area contributed by atoms with E-state index in [9.17, 15) is 26.7 Å². The molecule has 0 radical (unpaired) electrons. The molecule has 0 heterocycles. The van der Waals surface area contributed by atoms with E-state index in [0.29, 0.717) is 6.61 Å². The van der Waals surface area contributed by atoms with Gasteiger partial charge in [-0.05, 0) is 25.1 Å². The Hall–Kier alpha value is -1.32. The average molecular weight is 327 g/mol. The maximum absolute atomic E-state index is 12.3. The highest BCUT2D eigenvalue weighted by atomic mass is 32.2. The first-order chi connectivity index (χ1) is 9.61. The van der Waals surface area contributed by atoms with Gasteiger partial charge in [0.1, 0.15) is 12.3 Å². The van der Waals surface area contributed by atoms with Gasteiger partial charge in [-0.1, -0.05) is 0 Å². The fourth-order valence-electron chi connectivity index (χ4n) is 1.65. The van der Waals surface area contributed by atoms with E-state index in [2.05, 4.69) is 0 Å². The molecule has 0 saturated heterocycles. The zero-order valence-electron chi connectivity index (χ0n) is 11.5. The topological polar surface area (TPSA) is 66.8 Å². The summed E-state index contributed by atoms with van der Waals surface area (Å²) >= 11 is 0. The summed E-state index contributed by atoms with van der Waals surface area (Å²) in [7, 11) is -3.44. The quantitative estimate of drug-likeness (QED) is 0.864. The number of alkyl halides is 3. The van der Waals surface area contributed by atoms with E-state index in [4.69, 9.17) is 4.74 Å². The molecule has 0 unspecified atom stereocenters. The Balaban J connectivity index is 3.14. The van der Waals surface area contributed by atoms with E-state index in [1.54, 1.807) is 6.92 Å². The van der Waals surface area contributed by atoms with Gasteiger partial charge in [-0.2, -0.15) is 17.5 Å². The fourth-order valence-corrected chi connectivity index (χ4v) is 2.86. The largest absolute Gasteiger partial charge is 0.494 e. The van der Waals surface area contributed by atoms with Gasteiger partial charge in [-0.25, -0.2) is 8.42 Å². The third kappa shape index (κ3) is 4.58. The van der Waals surface area contributed by atoms with Crippen LogP contribution >= 0.6 is 0 Å². The molecule has 5 nitrogen and oxygen atoms in total. The zero-order chi connectivity index (χ0) is 16.3. The van der Waals surface area contributed by atoms with Crippen molar-refractivity contribution in [2.75, 3.05) is 20.2 Å². The summed E-state index contributed by atoms with van der Waals surface area (Å²) in [5, 5.41) is 9.19. The number of aliphatic hydroxyl groups excluding tert-OH is 1. The lowest BCUT2D eigenvalue weighted by atomic mass is 10.2. The predicted octanol–water partition coefficient (Wildman–Crippen LogP) is 1.76. The van der Waals surface area contributed by atoms with Gasteiger partial charge in [0.15, 0.2) is 0 Å². The van der Waals surface area contributed by atoms with Gasteiger partial charge in [0.25, 0.3) is 0 Å². The Morgan fingerprint density at radius 2 is 1.95 bits per heavy atom. The van der Waals surface area contributed by atoms with Gasteiger partial charge in [0, 0.05) is 12.6 Å². The number of hydrogen-bond donors (Lipinski definition) is 1. The van der Waals surface area contributed by atoms with Crippen LogP contribution in [0.1, 0.15) is 12.5 Å². The zero-order valence-corrected chi connectivity index (χ0v) is 12.3. The van der Waals surface area contributed by atoms with Crippen molar-refractivity contribution in [2.45, 2.75) is 24.6 Å². The molecular formula is C12H16F3NO4S. The molecule has 0 amide bonds. The van der Waals surface area contributed by atoms with Crippen LogP contribution in [0.15, 0.2) is 23.1 Å². The molecule has 0 aliphatic heterocycles. The molecular weight excluding hydrogens is 311 g/mol. The van der Waals surface area contributed by atoms with Crippen LogP contribution in [0.25, 0.3) is 0 Å². The first-order valence-electron chi connectivity index (χ1n) is 6.01. The van der Waals surface area contributed by atoms with Crippen molar-refractivity contribution in [3.8, 4) is 5.75 Å². The van der Waals surface area contributed by atoms with Crippen LogP contribution in [0.3, 0.4) is 0 Å². The average Bonchev–Trinajstić information content (AvgIpc) is 2.37. The first kappa shape index (κ1) is 17.7. The number of halogens is 3. The molecule has 0 saturated carbocycles. The Morgan fingerprint density at radius 3 is 2.43 bits per heavy atom. The highest BCUT2D eigenvalue weighted by Crippen LogP contribution is 2.26. The maximum Gasteiger partial charge on any atom is 0.402 e. The van der Waals surface area contributed by atoms with Crippen molar-refractivity contribution >= 4 is 10.0 Å². The lowest BCUT2D eigenvalue weighted by molar-refractivity contribution is -0.134. The minimum absolute atomic E-state index is 0.193. The van der Waals surface area contributed by atoms with Crippen molar-refractivity contribution < 1.29 is 31.4 Å². The summed E-state index contributed by atoms with van der Waals surface area (Å²) in [5.74, 6) is 0.289. The van der Waals surface area contributed by atoms with Crippen molar-refractivity contribution in [3.05, 3.63) is 23.8 Å². The third-order valence-electron chi connectivity index (χ3n) is 2.61. The van der Waals surface area contributed by atoms with E-state index in [-0.39, 0.29) is 20.5 Å². The van der Waals surface area contributed by atoms with Crippen LogP contribution in [0.4, 0.5) is 13.2 Å². The summed E-state index contributed by atoms with van der Waals surface area (Å²) < 4.78 is 66.4. The molecule has 1 N–H and O–H groups in total. The van der Waals surface area contributed by atoms with Gasteiger partial charge in [-0.15, -0.1) is 0 Å². The minimum Gasteiger partial charge on any atom is -0.494 e. The third-order valence-corrected chi connectivity index (χ3v) is 4.41. The lowest BCUT2D eigenvalue weighted by Gasteiger charge is -2.19. The molecule has 0 aliphatic rings. The van der Waals surface area contributed by atoms with E-state index in [1.807, 2.05) is 0 Å². The van der Waals surface area contributed by atoms with Gasteiger partial charge in [0.05, 0.1) is 18.1 Å². The SMILES string of the molecule is CCOc1ccc(S(=O)(=O)N(C)CC(F)(F)F)cc1CO. The minimum atomic E-state index is -4.63. The molecule has 1 rings (SSSR count). The lowest BCUT2D eigenvalue weighted by Crippen LogP contribution is -2.35. The molecule has 0 aromatic heterocycles. The fraction of sp³-hybridized carbons (Fsp3) is 0.500. The second-order valence-electron chi connectivity index (χ2n) is 4.24. The Bertz CT molecular complexity index is 587. The summed E-state index contributed by atoms with van der Waals surface area (Å²) in [4.78, 5) is -0.332. The van der Waals surface area contributed by atoms with Crippen molar-refractivity contribution in [2.24, 2.45) is 0 Å². The molecule has 0 bridgehead atoms. The number of benzene rings is 1. The molecule has 21 heavy (non-hydrogen) atoms. The van der Waals surface area contributed by atoms with Crippen molar-refractivity contribution in [1.29, 1.82) is 0 Å². The predicted molar refractivity (Wildman–Crippen MR) is 69.4 cm³/mol. The van der Waals surface area contributed by atoms with Crippen LogP contribution in [-0.4, -0.2) is 44.2 Å². The number of nitrogens with zero attached hydrogens (tertiary/aromatic N) is 1. The second kappa shape index (κ2) is 6.63. The maximum atomic E-state index is 12.3. The second-order valence-corrected chi connectivity index (χ2v) is 6.28. The van der Waals surface area contributed by atoms with Gasteiger partial charge in [-0.3, -0.25) is 0 Å².